The van der Waals surface area contributed by atoms with Gasteiger partial charge in [0.1, 0.15) is 19.0 Å². The maximum Gasteiger partial charge on any atom is 0.339 e. The number of aromatic nitrogens is 3. The van der Waals surface area contributed by atoms with Crippen molar-refractivity contribution in [2.75, 3.05) is 6.61 Å². The minimum atomic E-state index is -0.505. The Balaban J connectivity index is 1.73. The van der Waals surface area contributed by atoms with Crippen LogP contribution in [0.1, 0.15) is 40.1 Å². The predicted octanol–water partition coefficient (Wildman–Crippen LogP) is 2.57. The van der Waals surface area contributed by atoms with E-state index >= 15 is 0 Å². The predicted molar refractivity (Wildman–Crippen MR) is 107 cm³/mol. The van der Waals surface area contributed by atoms with E-state index in [0.717, 1.165) is 11.3 Å². The van der Waals surface area contributed by atoms with Crippen LogP contribution in [-0.2, 0) is 27.4 Å². The van der Waals surface area contributed by atoms with Crippen molar-refractivity contribution < 1.29 is 19.1 Å². The van der Waals surface area contributed by atoms with Gasteiger partial charge in [-0.15, -0.1) is 0 Å². The number of carbonyl (C=O) groups excluding carboxylic acids is 2. The fraction of sp³-hybridized carbons (Fsp3) is 0.333. The first kappa shape index (κ1) is 20.3. The topological polar surface area (TPSA) is 103 Å². The lowest BCUT2D eigenvalue weighted by Crippen LogP contribution is -2.18. The number of ether oxygens (including phenoxy) is 2. The van der Waals surface area contributed by atoms with Crippen LogP contribution >= 0.6 is 0 Å². The molecule has 0 unspecified atom stereocenters. The Kier molecular flexibility index (Phi) is 5.81. The first-order valence-electron chi connectivity index (χ1n) is 9.29. The average Bonchev–Trinajstić information content (AvgIpc) is 2.96. The quantitative estimate of drug-likeness (QED) is 0.641. The molecule has 3 aromatic rings. The van der Waals surface area contributed by atoms with Crippen LogP contribution in [0, 0.1) is 20.8 Å². The highest BCUT2D eigenvalue weighted by molar-refractivity contribution is 5.91. The summed E-state index contributed by atoms with van der Waals surface area (Å²) in [4.78, 5) is 43.6. The number of nitrogens with one attached hydrogen (secondary N) is 1. The smallest absolute Gasteiger partial charge is 0.339 e. The summed E-state index contributed by atoms with van der Waals surface area (Å²) in [6.07, 6.45) is 0. The zero-order chi connectivity index (χ0) is 21.1. The molecule has 0 radical (unpaired) electrons. The van der Waals surface area contributed by atoms with Gasteiger partial charge in [-0.2, -0.15) is 0 Å². The van der Waals surface area contributed by atoms with Crippen molar-refractivity contribution >= 4 is 22.8 Å². The van der Waals surface area contributed by atoms with Gasteiger partial charge in [0.15, 0.2) is 0 Å². The number of nitrogens with zero attached hydrogens (tertiary/aromatic N) is 2. The van der Waals surface area contributed by atoms with Crippen molar-refractivity contribution in [3.8, 4) is 0 Å². The van der Waals surface area contributed by atoms with Crippen LogP contribution in [0.2, 0.25) is 0 Å². The second-order valence-corrected chi connectivity index (χ2v) is 6.74. The Morgan fingerprint density at radius 1 is 1.17 bits per heavy atom. The number of hydrogen-bond donors (Lipinski definition) is 1. The molecule has 0 fully saturated rings. The number of benzene rings is 1. The van der Waals surface area contributed by atoms with Crippen molar-refractivity contribution in [1.29, 1.82) is 0 Å². The number of rotatable bonds is 6. The number of para-hydroxylation sites is 1. The highest BCUT2D eigenvalue weighted by Gasteiger charge is 2.19. The number of aryl methyl sites for hydroxylation is 2. The first-order valence-corrected chi connectivity index (χ1v) is 9.29. The van der Waals surface area contributed by atoms with Crippen LogP contribution in [0.5, 0.6) is 0 Å². The molecule has 152 valence electrons. The van der Waals surface area contributed by atoms with E-state index in [0.29, 0.717) is 22.2 Å². The van der Waals surface area contributed by atoms with E-state index in [1.807, 2.05) is 13.0 Å². The Labute approximate surface area is 167 Å². The van der Waals surface area contributed by atoms with Crippen molar-refractivity contribution in [3.63, 3.8) is 0 Å². The second kappa shape index (κ2) is 8.30. The molecule has 0 aliphatic heterocycles. The molecule has 0 aliphatic rings. The molecule has 1 aromatic carbocycles. The van der Waals surface area contributed by atoms with Crippen molar-refractivity contribution in [3.05, 3.63) is 63.0 Å². The van der Waals surface area contributed by atoms with E-state index in [9.17, 15) is 14.4 Å². The van der Waals surface area contributed by atoms with Gasteiger partial charge in [-0.1, -0.05) is 12.1 Å². The fourth-order valence-electron chi connectivity index (χ4n) is 3.20. The third-order valence-corrected chi connectivity index (χ3v) is 4.71. The van der Waals surface area contributed by atoms with Crippen LogP contribution < -0.4 is 5.56 Å². The summed E-state index contributed by atoms with van der Waals surface area (Å²) >= 11 is 0. The Hall–Kier alpha value is -3.42. The number of aromatic amines is 1. The minimum Gasteiger partial charge on any atom is -0.462 e. The first-order chi connectivity index (χ1) is 13.8. The summed E-state index contributed by atoms with van der Waals surface area (Å²) in [5, 5.41) is 0.491. The van der Waals surface area contributed by atoms with E-state index in [4.69, 9.17) is 9.47 Å². The zero-order valence-electron chi connectivity index (χ0n) is 16.9. The van der Waals surface area contributed by atoms with Gasteiger partial charge in [-0.3, -0.25) is 9.59 Å². The molecule has 2 aromatic heterocycles. The number of H-pyrrole nitrogens is 1. The normalized spacial score (nSPS) is 10.9. The van der Waals surface area contributed by atoms with Crippen molar-refractivity contribution in [1.82, 2.24) is 14.5 Å². The summed E-state index contributed by atoms with van der Waals surface area (Å²) in [7, 11) is 0. The molecule has 0 saturated heterocycles. The van der Waals surface area contributed by atoms with E-state index in [-0.39, 0.29) is 31.1 Å². The molecular formula is C21H23N3O5. The molecule has 0 atom stereocenters. The van der Waals surface area contributed by atoms with Gasteiger partial charge in [0.2, 0.25) is 0 Å². The second-order valence-electron chi connectivity index (χ2n) is 6.74. The van der Waals surface area contributed by atoms with E-state index < -0.39 is 11.9 Å². The van der Waals surface area contributed by atoms with Crippen LogP contribution in [0.4, 0.5) is 0 Å². The number of esters is 2. The third-order valence-electron chi connectivity index (χ3n) is 4.71. The molecular weight excluding hydrogens is 374 g/mol. The average molecular weight is 397 g/mol. The lowest BCUT2D eigenvalue weighted by molar-refractivity contribution is -0.146. The minimum absolute atomic E-state index is 0.0616. The summed E-state index contributed by atoms with van der Waals surface area (Å²) in [5.74, 6) is -0.651. The van der Waals surface area contributed by atoms with Crippen LogP contribution in [0.25, 0.3) is 10.9 Å². The molecule has 29 heavy (non-hydrogen) atoms. The standard InChI is InChI=1S/C21H23N3O5/c1-5-28-21(27)16-9-13(3)24(14(16)4)10-18(25)29-11-17-22-19-12(2)7-6-8-15(19)20(26)23-17/h6-9H,5,10-11H2,1-4H3,(H,22,23,26). The monoisotopic (exact) mass is 397 g/mol. The van der Waals surface area contributed by atoms with Crippen LogP contribution in [0.3, 0.4) is 0 Å². The molecule has 1 N–H and O–H groups in total. The molecule has 0 aliphatic carbocycles. The van der Waals surface area contributed by atoms with Gasteiger partial charge in [0.25, 0.3) is 5.56 Å². The maximum atomic E-state index is 12.3. The lowest BCUT2D eigenvalue weighted by atomic mass is 10.1. The molecule has 0 bridgehead atoms. The van der Waals surface area contributed by atoms with Gasteiger partial charge in [0, 0.05) is 11.4 Å². The van der Waals surface area contributed by atoms with Crippen LogP contribution in [-0.4, -0.2) is 33.1 Å². The maximum absolute atomic E-state index is 12.3. The SMILES string of the molecule is CCOC(=O)c1cc(C)n(CC(=O)OCc2nc3c(C)cccc3c(=O)[nH]2)c1C. The molecule has 0 amide bonds. The van der Waals surface area contributed by atoms with E-state index in [1.165, 1.54) is 0 Å². The van der Waals surface area contributed by atoms with Crippen molar-refractivity contribution in [2.24, 2.45) is 0 Å². The van der Waals surface area contributed by atoms with Gasteiger partial charge in [0.05, 0.1) is 23.1 Å². The van der Waals surface area contributed by atoms with Gasteiger partial charge >= 0.3 is 11.9 Å². The van der Waals surface area contributed by atoms with Gasteiger partial charge in [-0.05, 0) is 45.4 Å². The van der Waals surface area contributed by atoms with E-state index in [2.05, 4.69) is 9.97 Å². The number of fused-ring (bicyclic) bond motifs is 1. The molecule has 0 saturated carbocycles. The summed E-state index contributed by atoms with van der Waals surface area (Å²) < 4.78 is 12.0. The largest absolute Gasteiger partial charge is 0.462 e. The summed E-state index contributed by atoms with van der Waals surface area (Å²) in [6.45, 7) is 7.22. The Morgan fingerprint density at radius 2 is 1.93 bits per heavy atom. The Bertz CT molecular complexity index is 1140. The molecule has 3 rings (SSSR count). The number of carbonyl (C=O) groups is 2. The van der Waals surface area contributed by atoms with Gasteiger partial charge < -0.3 is 19.0 Å². The van der Waals surface area contributed by atoms with Crippen molar-refractivity contribution in [2.45, 2.75) is 40.8 Å². The highest BCUT2D eigenvalue weighted by Crippen LogP contribution is 2.17. The number of hydrogen-bond acceptors (Lipinski definition) is 6. The Morgan fingerprint density at radius 3 is 2.66 bits per heavy atom. The van der Waals surface area contributed by atoms with E-state index in [1.54, 1.807) is 43.5 Å². The summed E-state index contributed by atoms with van der Waals surface area (Å²) in [5.41, 5.74) is 2.97. The molecule has 8 nitrogen and oxygen atoms in total. The fourth-order valence-corrected chi connectivity index (χ4v) is 3.20. The highest BCUT2D eigenvalue weighted by atomic mass is 16.5. The molecule has 0 spiro atoms. The molecule has 2 heterocycles. The third kappa shape index (κ3) is 4.21. The molecule has 8 heteroatoms. The van der Waals surface area contributed by atoms with Crippen LogP contribution in [0.15, 0.2) is 29.1 Å². The zero-order valence-corrected chi connectivity index (χ0v) is 16.9. The lowest BCUT2D eigenvalue weighted by Gasteiger charge is -2.10. The van der Waals surface area contributed by atoms with Gasteiger partial charge in [-0.25, -0.2) is 9.78 Å². The summed E-state index contributed by atoms with van der Waals surface area (Å²) in [6, 6.07) is 7.04.